The lowest BCUT2D eigenvalue weighted by atomic mass is 10.1. The minimum atomic E-state index is 0.521. The molecule has 0 unspecified atom stereocenters. The number of para-hydroxylation sites is 1. The molecule has 3 N–H and O–H groups in total. The number of piperidine rings is 1. The summed E-state index contributed by atoms with van der Waals surface area (Å²) >= 11 is 0. The molecular formula is C24H34N6. The summed E-state index contributed by atoms with van der Waals surface area (Å²) in [6, 6.07) is 8.85. The summed E-state index contributed by atoms with van der Waals surface area (Å²) in [7, 11) is 2.20. The number of imidazole rings is 1. The zero-order chi connectivity index (χ0) is 20.9. The largest absolute Gasteiger partial charge is 0.382 e. The molecule has 1 saturated heterocycles. The molecule has 0 bridgehead atoms. The first kappa shape index (κ1) is 20.8. The molecule has 4 rings (SSSR count). The number of pyridine rings is 1. The van der Waals surface area contributed by atoms with Crippen molar-refractivity contribution >= 4 is 27.8 Å². The molecular weight excluding hydrogens is 372 g/mol. The third-order valence-corrected chi connectivity index (χ3v) is 6.14. The molecule has 6 heteroatoms. The lowest BCUT2D eigenvalue weighted by molar-refractivity contribution is 0.238. The number of aryl methyl sites for hydroxylation is 1. The van der Waals surface area contributed by atoms with Gasteiger partial charge in [0.05, 0.1) is 11.0 Å². The van der Waals surface area contributed by atoms with Crippen LogP contribution in [0.5, 0.6) is 0 Å². The van der Waals surface area contributed by atoms with Gasteiger partial charge in [0.25, 0.3) is 0 Å². The number of hydrogen-bond acceptors (Lipinski definition) is 5. The van der Waals surface area contributed by atoms with Crippen molar-refractivity contribution in [2.75, 3.05) is 32.4 Å². The van der Waals surface area contributed by atoms with Gasteiger partial charge >= 0.3 is 0 Å². The van der Waals surface area contributed by atoms with Gasteiger partial charge in [-0.1, -0.05) is 43.7 Å². The number of allylic oxidation sites excluding steroid dienone is 1. The molecule has 0 aliphatic carbocycles. The van der Waals surface area contributed by atoms with Crippen LogP contribution in [-0.4, -0.2) is 52.2 Å². The molecule has 3 heterocycles. The average Bonchev–Trinajstić information content (AvgIpc) is 3.13. The number of rotatable bonds is 8. The Morgan fingerprint density at radius 3 is 2.77 bits per heavy atom. The van der Waals surface area contributed by atoms with Gasteiger partial charge in [-0.05, 0) is 45.5 Å². The van der Waals surface area contributed by atoms with Crippen LogP contribution in [0.3, 0.4) is 0 Å². The molecule has 2 aromatic heterocycles. The Morgan fingerprint density at radius 1 is 1.17 bits per heavy atom. The highest BCUT2D eigenvalue weighted by Crippen LogP contribution is 2.29. The van der Waals surface area contributed by atoms with Crippen LogP contribution in [0.15, 0.2) is 36.4 Å². The number of fused-ring (bicyclic) bond motifs is 3. The third-order valence-electron chi connectivity index (χ3n) is 6.14. The fourth-order valence-corrected chi connectivity index (χ4v) is 4.34. The van der Waals surface area contributed by atoms with Gasteiger partial charge in [0.2, 0.25) is 0 Å². The van der Waals surface area contributed by atoms with E-state index in [0.717, 1.165) is 60.1 Å². The van der Waals surface area contributed by atoms with Crippen LogP contribution in [0.2, 0.25) is 0 Å². The number of nitrogens with one attached hydrogen (secondary N) is 1. The normalized spacial score (nSPS) is 16.3. The van der Waals surface area contributed by atoms with E-state index >= 15 is 0 Å². The Balaban J connectivity index is 1.55. The van der Waals surface area contributed by atoms with Crippen molar-refractivity contribution in [1.82, 2.24) is 24.8 Å². The van der Waals surface area contributed by atoms with E-state index in [0.29, 0.717) is 11.9 Å². The molecule has 0 amide bonds. The van der Waals surface area contributed by atoms with Crippen LogP contribution < -0.4 is 11.1 Å². The maximum absolute atomic E-state index is 6.28. The van der Waals surface area contributed by atoms with Gasteiger partial charge < -0.3 is 20.5 Å². The van der Waals surface area contributed by atoms with Crippen LogP contribution >= 0.6 is 0 Å². The summed E-state index contributed by atoms with van der Waals surface area (Å²) in [6.07, 6.45) is 10.2. The molecule has 0 saturated carbocycles. The number of nitrogen functional groups attached to an aromatic ring is 1. The second kappa shape index (κ2) is 9.58. The molecule has 6 nitrogen and oxygen atoms in total. The summed E-state index contributed by atoms with van der Waals surface area (Å²) in [5.74, 6) is 1.62. The second-order valence-electron chi connectivity index (χ2n) is 8.41. The van der Waals surface area contributed by atoms with Crippen LogP contribution in [-0.2, 0) is 13.0 Å². The maximum atomic E-state index is 6.28. The Bertz CT molecular complexity index is 1010. The first-order valence-corrected chi connectivity index (χ1v) is 11.3. The van der Waals surface area contributed by atoms with E-state index in [1.807, 2.05) is 12.1 Å². The van der Waals surface area contributed by atoms with E-state index in [1.165, 1.54) is 25.9 Å². The fraction of sp³-hybridized carbons (Fsp3) is 0.500. The summed E-state index contributed by atoms with van der Waals surface area (Å²) in [6.45, 7) is 6.30. The molecule has 3 aromatic rings. The molecule has 30 heavy (non-hydrogen) atoms. The monoisotopic (exact) mass is 406 g/mol. The van der Waals surface area contributed by atoms with E-state index in [4.69, 9.17) is 10.7 Å². The molecule has 0 spiro atoms. The summed E-state index contributed by atoms with van der Waals surface area (Å²) in [4.78, 5) is 11.9. The predicted molar refractivity (Wildman–Crippen MR) is 126 cm³/mol. The lowest BCUT2D eigenvalue weighted by Gasteiger charge is -2.29. The van der Waals surface area contributed by atoms with Gasteiger partial charge in [-0.15, -0.1) is 0 Å². The third kappa shape index (κ3) is 4.50. The maximum Gasteiger partial charge on any atom is 0.152 e. The quantitative estimate of drug-likeness (QED) is 0.558. The van der Waals surface area contributed by atoms with E-state index in [1.54, 1.807) is 0 Å². The van der Waals surface area contributed by atoms with Crippen molar-refractivity contribution in [2.24, 2.45) is 0 Å². The van der Waals surface area contributed by atoms with Crippen LogP contribution in [0.4, 0.5) is 5.82 Å². The minimum Gasteiger partial charge on any atom is -0.382 e. The summed E-state index contributed by atoms with van der Waals surface area (Å²) in [5.41, 5.74) is 9.15. The van der Waals surface area contributed by atoms with E-state index < -0.39 is 0 Å². The minimum absolute atomic E-state index is 0.521. The van der Waals surface area contributed by atoms with Crippen molar-refractivity contribution in [3.63, 3.8) is 0 Å². The molecule has 1 aliphatic heterocycles. The Hall–Kier alpha value is -2.44. The highest BCUT2D eigenvalue weighted by atomic mass is 15.1. The van der Waals surface area contributed by atoms with Gasteiger partial charge in [-0.2, -0.15) is 0 Å². The number of benzene rings is 1. The van der Waals surface area contributed by atoms with Crippen molar-refractivity contribution in [1.29, 1.82) is 0 Å². The number of aromatic nitrogens is 3. The van der Waals surface area contributed by atoms with Gasteiger partial charge in [0.15, 0.2) is 5.82 Å². The van der Waals surface area contributed by atoms with Crippen LogP contribution in [0.1, 0.15) is 38.4 Å². The molecule has 1 aliphatic rings. The smallest absolute Gasteiger partial charge is 0.152 e. The molecule has 1 aromatic carbocycles. The number of likely N-dealkylation sites (tertiary alicyclic amines) is 1. The zero-order valence-electron chi connectivity index (χ0n) is 18.3. The first-order valence-electron chi connectivity index (χ1n) is 11.3. The van der Waals surface area contributed by atoms with Gasteiger partial charge in [0, 0.05) is 30.9 Å². The summed E-state index contributed by atoms with van der Waals surface area (Å²) < 4.78 is 2.33. The van der Waals surface area contributed by atoms with Crippen LogP contribution in [0, 0.1) is 0 Å². The molecule has 1 fully saturated rings. The summed E-state index contributed by atoms with van der Waals surface area (Å²) in [5, 5.41) is 4.80. The van der Waals surface area contributed by atoms with E-state index in [-0.39, 0.29) is 0 Å². The standard InChI is InChI=1S/C24H34N6/c1-3-4-11-21-28-22-23(19-9-5-6-10-20(19)27-24(22)25)30(21)15-8-7-14-26-18-12-16-29(2)17-13-18/h5-10,18,26H,3-4,11-17H2,1-2H3,(H2,25,27)/b8-7+. The zero-order valence-corrected chi connectivity index (χ0v) is 18.3. The van der Waals surface area contributed by atoms with Crippen molar-refractivity contribution in [3.8, 4) is 0 Å². The molecule has 160 valence electrons. The highest BCUT2D eigenvalue weighted by molar-refractivity contribution is 6.06. The van der Waals surface area contributed by atoms with Gasteiger partial charge in [-0.3, -0.25) is 0 Å². The SMILES string of the molecule is CCCCc1nc2c(N)nc3ccccc3c2n1C/C=C/CNC1CCN(C)CC1. The Morgan fingerprint density at radius 2 is 1.97 bits per heavy atom. The fourth-order valence-electron chi connectivity index (χ4n) is 4.34. The van der Waals surface area contributed by atoms with Gasteiger partial charge in [0.1, 0.15) is 11.3 Å². The Labute approximate surface area is 179 Å². The number of nitrogens with zero attached hydrogens (tertiary/aromatic N) is 4. The van der Waals surface area contributed by atoms with Crippen molar-refractivity contribution in [3.05, 3.63) is 42.2 Å². The first-order chi connectivity index (χ1) is 14.7. The number of hydrogen-bond donors (Lipinski definition) is 2. The lowest BCUT2D eigenvalue weighted by Crippen LogP contribution is -2.40. The molecule has 0 radical (unpaired) electrons. The number of anilines is 1. The second-order valence-corrected chi connectivity index (χ2v) is 8.41. The van der Waals surface area contributed by atoms with Gasteiger partial charge in [-0.25, -0.2) is 9.97 Å². The molecule has 0 atom stereocenters. The van der Waals surface area contributed by atoms with Crippen LogP contribution in [0.25, 0.3) is 21.9 Å². The van der Waals surface area contributed by atoms with Crippen molar-refractivity contribution in [2.45, 2.75) is 51.6 Å². The van der Waals surface area contributed by atoms with Crippen molar-refractivity contribution < 1.29 is 0 Å². The van der Waals surface area contributed by atoms with E-state index in [9.17, 15) is 0 Å². The highest BCUT2D eigenvalue weighted by Gasteiger charge is 2.17. The van der Waals surface area contributed by atoms with E-state index in [2.05, 4.69) is 58.0 Å². The topological polar surface area (TPSA) is 72.0 Å². The number of nitrogens with two attached hydrogens (primary N) is 1. The average molecular weight is 407 g/mol. The Kier molecular flexibility index (Phi) is 6.65. The predicted octanol–water partition coefficient (Wildman–Crippen LogP) is 3.75. The number of unbranched alkanes of at least 4 members (excludes halogenated alkanes) is 1.